The fourth-order valence-corrected chi connectivity index (χ4v) is 3.09. The normalized spacial score (nSPS) is 16.8. The van der Waals surface area contributed by atoms with Crippen molar-refractivity contribution in [3.05, 3.63) is 58.6 Å². The standard InChI is InChI=1S/C19H20BrNO3/c20-14-5-3-6-16(13-14)24-18-9-2-1-8-17(18)19(22)21-11-10-15-7-4-12-23-15/h1-3,5-6,8-9,13,15H,4,7,10-12H2,(H,21,22). The van der Waals surface area contributed by atoms with Crippen molar-refractivity contribution < 1.29 is 14.3 Å². The number of para-hydroxylation sites is 1. The summed E-state index contributed by atoms with van der Waals surface area (Å²) in [5, 5.41) is 2.96. The summed E-state index contributed by atoms with van der Waals surface area (Å²) in [6, 6.07) is 14.8. The second-order valence-electron chi connectivity index (χ2n) is 5.74. The van der Waals surface area contributed by atoms with Crippen LogP contribution in [0.25, 0.3) is 0 Å². The van der Waals surface area contributed by atoms with E-state index in [1.54, 1.807) is 12.1 Å². The van der Waals surface area contributed by atoms with Crippen molar-refractivity contribution in [2.24, 2.45) is 0 Å². The first-order valence-corrected chi connectivity index (χ1v) is 8.94. The van der Waals surface area contributed by atoms with E-state index in [2.05, 4.69) is 21.2 Å². The smallest absolute Gasteiger partial charge is 0.255 e. The highest BCUT2D eigenvalue weighted by molar-refractivity contribution is 9.10. The summed E-state index contributed by atoms with van der Waals surface area (Å²) in [7, 11) is 0. The quantitative estimate of drug-likeness (QED) is 0.788. The summed E-state index contributed by atoms with van der Waals surface area (Å²) in [5.41, 5.74) is 0.532. The van der Waals surface area contributed by atoms with Gasteiger partial charge in [0.15, 0.2) is 0 Å². The van der Waals surface area contributed by atoms with Gasteiger partial charge in [-0.05, 0) is 49.6 Å². The molecule has 0 aromatic heterocycles. The Balaban J connectivity index is 1.63. The van der Waals surface area contributed by atoms with Crippen molar-refractivity contribution in [2.45, 2.75) is 25.4 Å². The zero-order chi connectivity index (χ0) is 16.8. The van der Waals surface area contributed by atoms with Gasteiger partial charge >= 0.3 is 0 Å². The molecule has 0 aliphatic carbocycles. The molecule has 1 atom stereocenters. The van der Waals surface area contributed by atoms with Crippen molar-refractivity contribution in [2.75, 3.05) is 13.2 Å². The van der Waals surface area contributed by atoms with Crippen molar-refractivity contribution in [1.29, 1.82) is 0 Å². The van der Waals surface area contributed by atoms with E-state index in [1.165, 1.54) is 0 Å². The molecule has 1 N–H and O–H groups in total. The lowest BCUT2D eigenvalue weighted by Gasteiger charge is -2.13. The van der Waals surface area contributed by atoms with Gasteiger partial charge in [-0.1, -0.05) is 34.1 Å². The largest absolute Gasteiger partial charge is 0.456 e. The Bertz CT molecular complexity index is 699. The molecule has 1 fully saturated rings. The van der Waals surface area contributed by atoms with E-state index in [0.29, 0.717) is 23.6 Å². The zero-order valence-electron chi connectivity index (χ0n) is 13.3. The molecule has 3 rings (SSSR count). The first kappa shape index (κ1) is 17.0. The number of amides is 1. The summed E-state index contributed by atoms with van der Waals surface area (Å²) < 4.78 is 12.4. The number of carbonyl (C=O) groups is 1. The van der Waals surface area contributed by atoms with Crippen molar-refractivity contribution in [1.82, 2.24) is 5.32 Å². The average molecular weight is 390 g/mol. The van der Waals surface area contributed by atoms with Gasteiger partial charge in [0.2, 0.25) is 0 Å². The number of hydrogen-bond donors (Lipinski definition) is 1. The second kappa shape index (κ2) is 8.31. The average Bonchev–Trinajstić information content (AvgIpc) is 3.09. The summed E-state index contributed by atoms with van der Waals surface area (Å²) in [6.07, 6.45) is 3.32. The Morgan fingerprint density at radius 2 is 2.12 bits per heavy atom. The molecule has 1 unspecified atom stereocenters. The van der Waals surface area contributed by atoms with Crippen LogP contribution in [0.4, 0.5) is 0 Å². The first-order chi connectivity index (χ1) is 11.7. The van der Waals surface area contributed by atoms with Gasteiger partial charge in [-0.25, -0.2) is 0 Å². The monoisotopic (exact) mass is 389 g/mol. The van der Waals surface area contributed by atoms with Crippen molar-refractivity contribution >= 4 is 21.8 Å². The third kappa shape index (κ3) is 4.58. The minimum absolute atomic E-state index is 0.126. The minimum atomic E-state index is -0.126. The molecule has 126 valence electrons. The van der Waals surface area contributed by atoms with Crippen molar-refractivity contribution in [3.63, 3.8) is 0 Å². The maximum atomic E-state index is 12.5. The van der Waals surface area contributed by atoms with Crippen LogP contribution in [-0.4, -0.2) is 25.2 Å². The van der Waals surface area contributed by atoms with Crippen LogP contribution in [0.3, 0.4) is 0 Å². The first-order valence-electron chi connectivity index (χ1n) is 8.14. The van der Waals surface area contributed by atoms with Crippen LogP contribution in [-0.2, 0) is 4.74 Å². The van der Waals surface area contributed by atoms with E-state index in [1.807, 2.05) is 36.4 Å². The lowest BCUT2D eigenvalue weighted by molar-refractivity contribution is 0.0905. The number of hydrogen-bond acceptors (Lipinski definition) is 3. The molecule has 0 spiro atoms. The third-order valence-electron chi connectivity index (χ3n) is 3.93. The van der Waals surface area contributed by atoms with Gasteiger partial charge in [-0.2, -0.15) is 0 Å². The Kier molecular flexibility index (Phi) is 5.88. The van der Waals surface area contributed by atoms with Crippen LogP contribution in [0.5, 0.6) is 11.5 Å². The summed E-state index contributed by atoms with van der Waals surface area (Å²) in [4.78, 5) is 12.5. The van der Waals surface area contributed by atoms with E-state index in [-0.39, 0.29) is 12.0 Å². The molecule has 2 aromatic rings. The lowest BCUT2D eigenvalue weighted by Crippen LogP contribution is -2.27. The predicted octanol–water partition coefficient (Wildman–Crippen LogP) is 4.54. The molecule has 1 heterocycles. The maximum Gasteiger partial charge on any atom is 0.255 e. The number of halogens is 1. The second-order valence-corrected chi connectivity index (χ2v) is 6.65. The van der Waals surface area contributed by atoms with Gasteiger partial charge in [0.25, 0.3) is 5.91 Å². The molecule has 4 nitrogen and oxygen atoms in total. The van der Waals surface area contributed by atoms with Crippen molar-refractivity contribution in [3.8, 4) is 11.5 Å². The van der Waals surface area contributed by atoms with E-state index >= 15 is 0 Å². The fourth-order valence-electron chi connectivity index (χ4n) is 2.71. The Morgan fingerprint density at radius 3 is 2.92 bits per heavy atom. The molecule has 1 aliphatic heterocycles. The zero-order valence-corrected chi connectivity index (χ0v) is 14.9. The Labute approximate surface area is 150 Å². The van der Waals surface area contributed by atoms with Crippen LogP contribution in [0.2, 0.25) is 0 Å². The molecular weight excluding hydrogens is 370 g/mol. The number of carbonyl (C=O) groups excluding carboxylic acids is 1. The van der Waals surface area contributed by atoms with Gasteiger partial charge in [0.05, 0.1) is 11.7 Å². The highest BCUT2D eigenvalue weighted by Crippen LogP contribution is 2.27. The maximum absolute atomic E-state index is 12.5. The summed E-state index contributed by atoms with van der Waals surface area (Å²) in [6.45, 7) is 1.44. The van der Waals surface area contributed by atoms with E-state index < -0.39 is 0 Å². The predicted molar refractivity (Wildman–Crippen MR) is 96.6 cm³/mol. The lowest BCUT2D eigenvalue weighted by atomic mass is 10.1. The SMILES string of the molecule is O=C(NCCC1CCCO1)c1ccccc1Oc1cccc(Br)c1. The van der Waals surface area contributed by atoms with E-state index in [9.17, 15) is 4.79 Å². The van der Waals surface area contributed by atoms with Crippen LogP contribution < -0.4 is 10.1 Å². The fraction of sp³-hybridized carbons (Fsp3) is 0.316. The molecule has 0 radical (unpaired) electrons. The number of rotatable bonds is 6. The Morgan fingerprint density at radius 1 is 1.25 bits per heavy atom. The van der Waals surface area contributed by atoms with Gasteiger partial charge in [0, 0.05) is 17.6 Å². The molecule has 1 amide bonds. The van der Waals surface area contributed by atoms with Crippen LogP contribution >= 0.6 is 15.9 Å². The molecule has 5 heteroatoms. The molecule has 1 aliphatic rings. The Hall–Kier alpha value is -1.85. The molecule has 0 bridgehead atoms. The number of nitrogens with one attached hydrogen (secondary N) is 1. The van der Waals surface area contributed by atoms with Crippen LogP contribution in [0.15, 0.2) is 53.0 Å². The van der Waals surface area contributed by atoms with Crippen LogP contribution in [0.1, 0.15) is 29.6 Å². The third-order valence-corrected chi connectivity index (χ3v) is 4.42. The molecule has 0 saturated carbocycles. The molecule has 2 aromatic carbocycles. The van der Waals surface area contributed by atoms with Crippen LogP contribution in [0, 0.1) is 0 Å². The van der Waals surface area contributed by atoms with E-state index in [0.717, 1.165) is 30.3 Å². The molecule has 1 saturated heterocycles. The van der Waals surface area contributed by atoms with E-state index in [4.69, 9.17) is 9.47 Å². The highest BCUT2D eigenvalue weighted by Gasteiger charge is 2.17. The molecule has 24 heavy (non-hydrogen) atoms. The van der Waals surface area contributed by atoms with Gasteiger partial charge < -0.3 is 14.8 Å². The highest BCUT2D eigenvalue weighted by atomic mass is 79.9. The van der Waals surface area contributed by atoms with Gasteiger partial charge in [-0.3, -0.25) is 4.79 Å². The summed E-state index contributed by atoms with van der Waals surface area (Å²) >= 11 is 3.42. The van der Waals surface area contributed by atoms with Gasteiger partial charge in [-0.15, -0.1) is 0 Å². The van der Waals surface area contributed by atoms with Gasteiger partial charge in [0.1, 0.15) is 11.5 Å². The molecular formula is C19H20BrNO3. The number of benzene rings is 2. The topological polar surface area (TPSA) is 47.6 Å². The minimum Gasteiger partial charge on any atom is -0.456 e. The number of ether oxygens (including phenoxy) is 2. The summed E-state index contributed by atoms with van der Waals surface area (Å²) in [5.74, 6) is 1.10.